The van der Waals surface area contributed by atoms with Crippen molar-refractivity contribution in [3.8, 4) is 5.75 Å². The number of piperidine rings is 1. The Morgan fingerprint density at radius 3 is 2.65 bits per heavy atom. The van der Waals surface area contributed by atoms with Crippen molar-refractivity contribution in [2.75, 3.05) is 20.2 Å². The second-order valence-corrected chi connectivity index (χ2v) is 7.06. The van der Waals surface area contributed by atoms with Crippen molar-refractivity contribution in [2.24, 2.45) is 5.92 Å². The maximum absolute atomic E-state index is 12.6. The van der Waals surface area contributed by atoms with E-state index in [0.717, 1.165) is 25.1 Å². The number of carbonyl (C=O) groups is 1. The van der Waals surface area contributed by atoms with Crippen molar-refractivity contribution < 1.29 is 14.6 Å². The average Bonchev–Trinajstić information content (AvgIpc) is 2.98. The molecule has 2 heterocycles. The van der Waals surface area contributed by atoms with Crippen molar-refractivity contribution in [2.45, 2.75) is 39.3 Å². The van der Waals surface area contributed by atoms with Gasteiger partial charge >= 0.3 is 0 Å². The van der Waals surface area contributed by atoms with Gasteiger partial charge in [0.25, 0.3) is 5.91 Å². The molecule has 1 amide bonds. The number of nitrogens with zero attached hydrogens (tertiary/aromatic N) is 3. The summed E-state index contributed by atoms with van der Waals surface area (Å²) in [5, 5.41) is 15.0. The van der Waals surface area contributed by atoms with Gasteiger partial charge in [-0.1, -0.05) is 12.1 Å². The van der Waals surface area contributed by atoms with Crippen molar-refractivity contribution in [1.29, 1.82) is 0 Å². The van der Waals surface area contributed by atoms with Crippen molar-refractivity contribution in [3.63, 3.8) is 0 Å². The number of carbonyl (C=O) groups excluding carboxylic acids is 1. The van der Waals surface area contributed by atoms with Gasteiger partial charge in [-0.15, -0.1) is 0 Å². The van der Waals surface area contributed by atoms with Crippen LogP contribution in [0.1, 0.15) is 35.9 Å². The second-order valence-electron chi connectivity index (χ2n) is 7.06. The summed E-state index contributed by atoms with van der Waals surface area (Å²) in [6, 6.07) is 9.12. The summed E-state index contributed by atoms with van der Waals surface area (Å²) in [6.07, 6.45) is 0.710. The zero-order valence-electron chi connectivity index (χ0n) is 15.7. The fraction of sp³-hybridized carbons (Fsp3) is 0.500. The Hall–Kier alpha value is -2.34. The monoisotopic (exact) mass is 357 g/mol. The molecule has 0 aliphatic carbocycles. The molecule has 1 aliphatic rings. The van der Waals surface area contributed by atoms with E-state index in [1.54, 1.807) is 36.3 Å². The minimum Gasteiger partial charge on any atom is -0.497 e. The van der Waals surface area contributed by atoms with Crippen LogP contribution in [0.2, 0.25) is 0 Å². The summed E-state index contributed by atoms with van der Waals surface area (Å²) in [5.74, 6) is 0.909. The maximum atomic E-state index is 12.6. The van der Waals surface area contributed by atoms with Gasteiger partial charge in [-0.25, -0.2) is 0 Å². The van der Waals surface area contributed by atoms with Crippen LogP contribution < -0.4 is 4.74 Å². The molecule has 26 heavy (non-hydrogen) atoms. The van der Waals surface area contributed by atoms with Crippen LogP contribution in [0.25, 0.3) is 0 Å². The number of hydrogen-bond donors (Lipinski definition) is 1. The Morgan fingerprint density at radius 2 is 2.04 bits per heavy atom. The maximum Gasteiger partial charge on any atom is 0.256 e. The van der Waals surface area contributed by atoms with Crippen molar-refractivity contribution in [1.82, 2.24) is 14.7 Å². The van der Waals surface area contributed by atoms with E-state index in [0.29, 0.717) is 30.3 Å². The topological polar surface area (TPSA) is 67.6 Å². The van der Waals surface area contributed by atoms with E-state index in [2.05, 4.69) is 22.8 Å². The molecule has 2 aromatic rings. The van der Waals surface area contributed by atoms with Crippen LogP contribution in [0.15, 0.2) is 30.3 Å². The van der Waals surface area contributed by atoms with Gasteiger partial charge < -0.3 is 14.7 Å². The molecule has 1 aromatic heterocycles. The van der Waals surface area contributed by atoms with Gasteiger partial charge in [0.2, 0.25) is 0 Å². The smallest absolute Gasteiger partial charge is 0.256 e. The summed E-state index contributed by atoms with van der Waals surface area (Å²) < 4.78 is 7.23. The van der Waals surface area contributed by atoms with Gasteiger partial charge in [0.1, 0.15) is 5.75 Å². The molecule has 1 atom stereocenters. The molecular weight excluding hydrogens is 330 g/mol. The van der Waals surface area contributed by atoms with Crippen LogP contribution in [-0.2, 0) is 11.3 Å². The van der Waals surface area contributed by atoms with E-state index < -0.39 is 6.10 Å². The van der Waals surface area contributed by atoms with Crippen LogP contribution >= 0.6 is 0 Å². The molecule has 1 N–H and O–H groups in total. The number of methoxy groups -OCH3 is 1. The number of hydrogen-bond acceptors (Lipinski definition) is 4. The molecule has 140 valence electrons. The van der Waals surface area contributed by atoms with E-state index >= 15 is 0 Å². The van der Waals surface area contributed by atoms with Gasteiger partial charge in [-0.2, -0.15) is 5.10 Å². The molecule has 1 fully saturated rings. The lowest BCUT2D eigenvalue weighted by Gasteiger charge is -2.33. The SMILES string of the molecule is COc1cccc(C(O)C(=O)N2CCC(Cn3nc(C)cc3C)CC2)c1. The quantitative estimate of drug-likeness (QED) is 0.893. The van der Waals surface area contributed by atoms with Crippen LogP contribution in [0.5, 0.6) is 5.75 Å². The molecule has 0 radical (unpaired) electrons. The third-order valence-corrected chi connectivity index (χ3v) is 5.10. The Morgan fingerprint density at radius 1 is 1.31 bits per heavy atom. The molecule has 0 spiro atoms. The predicted molar refractivity (Wildman–Crippen MR) is 99.0 cm³/mol. The van der Waals surface area contributed by atoms with Crippen LogP contribution in [0.4, 0.5) is 0 Å². The Labute approximate surface area is 154 Å². The molecule has 6 heteroatoms. The average molecular weight is 357 g/mol. The fourth-order valence-corrected chi connectivity index (χ4v) is 3.57. The molecule has 1 aliphatic heterocycles. The van der Waals surface area contributed by atoms with Gasteiger partial charge in [0, 0.05) is 25.3 Å². The number of benzene rings is 1. The van der Waals surface area contributed by atoms with Gasteiger partial charge in [-0.3, -0.25) is 9.48 Å². The van der Waals surface area contributed by atoms with E-state index in [1.807, 2.05) is 6.92 Å². The Balaban J connectivity index is 1.56. The number of rotatable bonds is 5. The summed E-state index contributed by atoms with van der Waals surface area (Å²) in [4.78, 5) is 14.4. The highest BCUT2D eigenvalue weighted by Gasteiger charge is 2.28. The van der Waals surface area contributed by atoms with E-state index in [4.69, 9.17) is 4.74 Å². The number of aryl methyl sites for hydroxylation is 2. The molecule has 6 nitrogen and oxygen atoms in total. The van der Waals surface area contributed by atoms with Crippen LogP contribution in [0, 0.1) is 19.8 Å². The van der Waals surface area contributed by atoms with Crippen molar-refractivity contribution in [3.05, 3.63) is 47.3 Å². The summed E-state index contributed by atoms with van der Waals surface area (Å²) in [7, 11) is 1.57. The number of aromatic nitrogens is 2. The first-order valence-corrected chi connectivity index (χ1v) is 9.10. The Bertz CT molecular complexity index is 763. The third kappa shape index (κ3) is 4.07. The lowest BCUT2D eigenvalue weighted by Crippen LogP contribution is -2.41. The van der Waals surface area contributed by atoms with Crippen LogP contribution in [-0.4, -0.2) is 45.9 Å². The summed E-state index contributed by atoms with van der Waals surface area (Å²) in [6.45, 7) is 6.31. The highest BCUT2D eigenvalue weighted by Crippen LogP contribution is 2.25. The minimum atomic E-state index is -1.14. The normalized spacial score (nSPS) is 16.5. The van der Waals surface area contributed by atoms with Gasteiger partial charge in [0.15, 0.2) is 6.10 Å². The zero-order valence-corrected chi connectivity index (χ0v) is 15.7. The number of aliphatic hydroxyl groups excluding tert-OH is 1. The lowest BCUT2D eigenvalue weighted by atomic mass is 9.96. The number of aliphatic hydroxyl groups is 1. The first-order chi connectivity index (χ1) is 12.5. The summed E-state index contributed by atoms with van der Waals surface area (Å²) >= 11 is 0. The molecule has 0 bridgehead atoms. The fourth-order valence-electron chi connectivity index (χ4n) is 3.57. The lowest BCUT2D eigenvalue weighted by molar-refractivity contribution is -0.142. The van der Waals surface area contributed by atoms with E-state index in [1.165, 1.54) is 5.69 Å². The molecule has 1 unspecified atom stereocenters. The highest BCUT2D eigenvalue weighted by molar-refractivity contribution is 5.82. The molecule has 3 rings (SSSR count). The first kappa shape index (κ1) is 18.5. The molecular formula is C20H27N3O3. The second kappa shape index (κ2) is 7.91. The highest BCUT2D eigenvalue weighted by atomic mass is 16.5. The first-order valence-electron chi connectivity index (χ1n) is 9.10. The third-order valence-electron chi connectivity index (χ3n) is 5.10. The predicted octanol–water partition coefficient (Wildman–Crippen LogP) is 2.48. The number of likely N-dealkylation sites (tertiary alicyclic amines) is 1. The van der Waals surface area contributed by atoms with Gasteiger partial charge in [-0.05, 0) is 56.4 Å². The van der Waals surface area contributed by atoms with E-state index in [9.17, 15) is 9.90 Å². The largest absolute Gasteiger partial charge is 0.497 e. The Kier molecular flexibility index (Phi) is 5.61. The molecule has 1 aromatic carbocycles. The van der Waals surface area contributed by atoms with Gasteiger partial charge in [0.05, 0.1) is 12.8 Å². The van der Waals surface area contributed by atoms with Crippen molar-refractivity contribution >= 4 is 5.91 Å². The zero-order chi connectivity index (χ0) is 18.7. The number of ether oxygens (including phenoxy) is 1. The summed E-state index contributed by atoms with van der Waals surface area (Å²) in [5.41, 5.74) is 2.78. The minimum absolute atomic E-state index is 0.234. The van der Waals surface area contributed by atoms with Crippen LogP contribution in [0.3, 0.4) is 0 Å². The number of amides is 1. The van der Waals surface area contributed by atoms with E-state index in [-0.39, 0.29) is 5.91 Å². The standard InChI is InChI=1S/C20H27N3O3/c1-14-11-15(2)23(21-14)13-16-7-9-22(10-8-16)20(25)19(24)17-5-4-6-18(12-17)26-3/h4-6,11-12,16,19,24H,7-10,13H2,1-3H3. The molecule has 1 saturated heterocycles. The molecule has 0 saturated carbocycles.